The van der Waals surface area contributed by atoms with Crippen LogP contribution in [0.1, 0.15) is 6.42 Å². The van der Waals surface area contributed by atoms with E-state index >= 15 is 0 Å². The molecule has 0 atom stereocenters. The van der Waals surface area contributed by atoms with Gasteiger partial charge in [-0.25, -0.2) is 9.59 Å². The summed E-state index contributed by atoms with van der Waals surface area (Å²) in [5.74, 6) is -0.609. The molecule has 0 fully saturated rings. The summed E-state index contributed by atoms with van der Waals surface area (Å²) in [4.78, 5) is 22.3. The van der Waals surface area contributed by atoms with E-state index in [-0.39, 0.29) is 18.6 Å². The number of para-hydroxylation sites is 1. The predicted molar refractivity (Wildman–Crippen MR) is 67.0 cm³/mol. The number of ether oxygens (including phenoxy) is 2. The first-order valence-electron chi connectivity index (χ1n) is 5.37. The van der Waals surface area contributed by atoms with Crippen molar-refractivity contribution in [1.82, 2.24) is 0 Å². The van der Waals surface area contributed by atoms with Gasteiger partial charge in [-0.15, -0.1) is 0 Å². The van der Waals surface area contributed by atoms with E-state index in [1.807, 2.05) is 6.07 Å². The molecule has 0 bridgehead atoms. The minimum Gasteiger partial charge on any atom is -0.462 e. The van der Waals surface area contributed by atoms with Gasteiger partial charge in [0.05, 0.1) is 6.61 Å². The molecule has 0 aliphatic carbocycles. The smallest absolute Gasteiger partial charge is 0.338 e. The lowest BCUT2D eigenvalue weighted by molar-refractivity contribution is -0.138. The van der Waals surface area contributed by atoms with Crippen molar-refractivity contribution in [3.63, 3.8) is 0 Å². The molecule has 94 valence electrons. The molecule has 1 aromatic rings. The maximum absolute atomic E-state index is 11.6. The summed E-state index contributed by atoms with van der Waals surface area (Å²) in [6.07, 6.45) is 1.29. The van der Waals surface area contributed by atoms with Crippen LogP contribution < -0.4 is 4.74 Å². The standard InChI is InChI=1S/C14H14O4/c1-3-13(15)17-10-9-11(2)14(16)18-12-7-5-4-6-8-12/h3-8H,1-2,9-10H2. The Labute approximate surface area is 106 Å². The van der Waals surface area contributed by atoms with Crippen LogP contribution in [0.3, 0.4) is 0 Å². The predicted octanol–water partition coefficient (Wildman–Crippen LogP) is 2.27. The molecule has 0 aliphatic heterocycles. The van der Waals surface area contributed by atoms with E-state index in [9.17, 15) is 9.59 Å². The van der Waals surface area contributed by atoms with E-state index in [2.05, 4.69) is 13.2 Å². The number of esters is 2. The first-order valence-corrected chi connectivity index (χ1v) is 5.37. The lowest BCUT2D eigenvalue weighted by Crippen LogP contribution is -2.13. The average molecular weight is 246 g/mol. The minimum absolute atomic E-state index is 0.0770. The molecule has 0 aromatic heterocycles. The summed E-state index contributed by atoms with van der Waals surface area (Å²) in [5.41, 5.74) is 0.246. The molecule has 0 unspecified atom stereocenters. The third-order valence-corrected chi connectivity index (χ3v) is 2.06. The van der Waals surface area contributed by atoms with E-state index in [1.165, 1.54) is 0 Å². The Morgan fingerprint density at radius 2 is 1.89 bits per heavy atom. The molecule has 0 amide bonds. The number of rotatable bonds is 6. The SMILES string of the molecule is C=CC(=O)OCCC(=C)C(=O)Oc1ccccc1. The zero-order chi connectivity index (χ0) is 13.4. The maximum Gasteiger partial charge on any atom is 0.338 e. The first-order chi connectivity index (χ1) is 8.63. The molecule has 0 spiro atoms. The van der Waals surface area contributed by atoms with Crippen molar-refractivity contribution in [2.75, 3.05) is 6.61 Å². The van der Waals surface area contributed by atoms with Gasteiger partial charge in [-0.1, -0.05) is 31.4 Å². The van der Waals surface area contributed by atoms with Crippen LogP contribution in [0.5, 0.6) is 5.75 Å². The molecule has 0 radical (unpaired) electrons. The molecule has 18 heavy (non-hydrogen) atoms. The lowest BCUT2D eigenvalue weighted by Gasteiger charge is -2.06. The van der Waals surface area contributed by atoms with Crippen LogP contribution >= 0.6 is 0 Å². The molecule has 1 rings (SSSR count). The Morgan fingerprint density at radius 1 is 1.22 bits per heavy atom. The molecule has 4 nitrogen and oxygen atoms in total. The fourth-order valence-electron chi connectivity index (χ4n) is 1.10. The van der Waals surface area contributed by atoms with Crippen LogP contribution in [-0.4, -0.2) is 18.5 Å². The largest absolute Gasteiger partial charge is 0.462 e. The highest BCUT2D eigenvalue weighted by Crippen LogP contribution is 2.11. The van der Waals surface area contributed by atoms with Crippen molar-refractivity contribution in [1.29, 1.82) is 0 Å². The number of carbonyl (C=O) groups excluding carboxylic acids is 2. The number of hydrogen-bond acceptors (Lipinski definition) is 4. The van der Waals surface area contributed by atoms with Crippen molar-refractivity contribution in [2.45, 2.75) is 6.42 Å². The second-order valence-electron chi connectivity index (χ2n) is 3.43. The van der Waals surface area contributed by atoms with Gasteiger partial charge in [-0.2, -0.15) is 0 Å². The summed E-state index contributed by atoms with van der Waals surface area (Å²) in [6.45, 7) is 6.92. The Hall–Kier alpha value is -2.36. The fraction of sp³-hybridized carbons (Fsp3) is 0.143. The third kappa shape index (κ3) is 4.65. The zero-order valence-electron chi connectivity index (χ0n) is 9.93. The van der Waals surface area contributed by atoms with Crippen LogP contribution in [-0.2, 0) is 14.3 Å². The normalized spacial score (nSPS) is 9.33. The van der Waals surface area contributed by atoms with Gasteiger partial charge in [-0.3, -0.25) is 0 Å². The van der Waals surface area contributed by atoms with Gasteiger partial charge in [0.1, 0.15) is 5.75 Å². The zero-order valence-corrected chi connectivity index (χ0v) is 9.93. The Kier molecular flexibility index (Phi) is 5.38. The quantitative estimate of drug-likeness (QED) is 0.439. The van der Waals surface area contributed by atoms with Crippen LogP contribution in [0.25, 0.3) is 0 Å². The van der Waals surface area contributed by atoms with E-state index in [0.29, 0.717) is 5.75 Å². The van der Waals surface area contributed by atoms with Crippen molar-refractivity contribution in [3.8, 4) is 5.75 Å². The van der Waals surface area contributed by atoms with Crippen molar-refractivity contribution in [2.24, 2.45) is 0 Å². The molecule has 0 aliphatic rings. The van der Waals surface area contributed by atoms with Crippen molar-refractivity contribution >= 4 is 11.9 Å². The van der Waals surface area contributed by atoms with Crippen LogP contribution in [0, 0.1) is 0 Å². The van der Waals surface area contributed by atoms with Gasteiger partial charge < -0.3 is 9.47 Å². The summed E-state index contributed by atoms with van der Waals surface area (Å²) in [6, 6.07) is 8.68. The highest BCUT2D eigenvalue weighted by Gasteiger charge is 2.10. The van der Waals surface area contributed by atoms with E-state index in [0.717, 1.165) is 6.08 Å². The fourth-order valence-corrected chi connectivity index (χ4v) is 1.10. The van der Waals surface area contributed by atoms with Gasteiger partial charge in [0.25, 0.3) is 0 Å². The second kappa shape index (κ2) is 7.06. The molecule has 1 aromatic carbocycles. The maximum atomic E-state index is 11.6. The molecule has 0 saturated carbocycles. The van der Waals surface area contributed by atoms with Crippen molar-refractivity contribution < 1.29 is 19.1 Å². The highest BCUT2D eigenvalue weighted by molar-refractivity contribution is 5.89. The van der Waals surface area contributed by atoms with Gasteiger partial charge in [0.15, 0.2) is 0 Å². The monoisotopic (exact) mass is 246 g/mol. The Balaban J connectivity index is 2.36. The molecule has 0 heterocycles. The van der Waals surface area contributed by atoms with Crippen molar-refractivity contribution in [3.05, 3.63) is 55.1 Å². The van der Waals surface area contributed by atoms with Gasteiger partial charge in [0, 0.05) is 18.1 Å². The highest BCUT2D eigenvalue weighted by atomic mass is 16.5. The minimum atomic E-state index is -0.532. The molecular weight excluding hydrogens is 232 g/mol. The van der Waals surface area contributed by atoms with Gasteiger partial charge in [0.2, 0.25) is 0 Å². The van der Waals surface area contributed by atoms with Crippen LogP contribution in [0.4, 0.5) is 0 Å². The summed E-state index contributed by atoms with van der Waals surface area (Å²) in [7, 11) is 0. The second-order valence-corrected chi connectivity index (χ2v) is 3.43. The lowest BCUT2D eigenvalue weighted by atomic mass is 10.2. The molecule has 0 N–H and O–H groups in total. The van der Waals surface area contributed by atoms with E-state index < -0.39 is 11.9 Å². The summed E-state index contributed by atoms with van der Waals surface area (Å²) < 4.78 is 9.80. The van der Waals surface area contributed by atoms with E-state index in [1.54, 1.807) is 24.3 Å². The van der Waals surface area contributed by atoms with Gasteiger partial charge >= 0.3 is 11.9 Å². The Morgan fingerprint density at radius 3 is 2.50 bits per heavy atom. The number of benzene rings is 1. The summed E-state index contributed by atoms with van der Waals surface area (Å²) >= 11 is 0. The number of carbonyl (C=O) groups is 2. The third-order valence-electron chi connectivity index (χ3n) is 2.06. The van der Waals surface area contributed by atoms with Crippen LogP contribution in [0.15, 0.2) is 55.1 Å². The first kappa shape index (κ1) is 13.7. The average Bonchev–Trinajstić information content (AvgIpc) is 2.39. The number of hydrogen-bond donors (Lipinski definition) is 0. The Bertz CT molecular complexity index is 448. The van der Waals surface area contributed by atoms with E-state index in [4.69, 9.17) is 9.47 Å². The van der Waals surface area contributed by atoms with Gasteiger partial charge in [-0.05, 0) is 12.1 Å². The van der Waals surface area contributed by atoms with Crippen LogP contribution in [0.2, 0.25) is 0 Å². The summed E-state index contributed by atoms with van der Waals surface area (Å²) in [5, 5.41) is 0. The molecule has 0 saturated heterocycles. The molecule has 4 heteroatoms. The molecular formula is C14H14O4. The topological polar surface area (TPSA) is 52.6 Å².